The third kappa shape index (κ3) is 4.00. The molecule has 0 radical (unpaired) electrons. The molecule has 5 nitrogen and oxygen atoms in total. The van der Waals surface area contributed by atoms with Crippen LogP contribution in [0.4, 0.5) is 5.82 Å². The number of nitrogens with one attached hydrogen (secondary N) is 1. The molecular formula is C18H12Cl2N4O. The standard InChI is InChI=1S/C18H12Cl2N4O/c19-15-5-4-14(16(20)9-15)11-24-17(6-7-22-24)23-18(25)13-3-1-2-12(8-13)10-21/h1-9H,11H2,(H,23,25). The van der Waals surface area contributed by atoms with Gasteiger partial charge < -0.3 is 5.32 Å². The summed E-state index contributed by atoms with van der Waals surface area (Å²) in [7, 11) is 0. The Morgan fingerprint density at radius 1 is 1.20 bits per heavy atom. The quantitative estimate of drug-likeness (QED) is 0.741. The van der Waals surface area contributed by atoms with Crippen LogP contribution in [0.1, 0.15) is 21.5 Å². The molecule has 1 heterocycles. The predicted molar refractivity (Wildman–Crippen MR) is 96.9 cm³/mol. The van der Waals surface area contributed by atoms with E-state index in [2.05, 4.69) is 10.4 Å². The van der Waals surface area contributed by atoms with Gasteiger partial charge in [0.1, 0.15) is 5.82 Å². The third-order valence-corrected chi connectivity index (χ3v) is 4.13. The van der Waals surface area contributed by atoms with Crippen LogP contribution in [0.3, 0.4) is 0 Å². The van der Waals surface area contributed by atoms with Crippen molar-refractivity contribution in [2.45, 2.75) is 6.54 Å². The molecule has 25 heavy (non-hydrogen) atoms. The van der Waals surface area contributed by atoms with Crippen LogP contribution in [0.15, 0.2) is 54.7 Å². The van der Waals surface area contributed by atoms with Crippen LogP contribution in [0.5, 0.6) is 0 Å². The van der Waals surface area contributed by atoms with Crippen molar-refractivity contribution in [3.05, 3.63) is 81.5 Å². The van der Waals surface area contributed by atoms with Crippen LogP contribution in [0.2, 0.25) is 10.0 Å². The van der Waals surface area contributed by atoms with Gasteiger partial charge in [-0.15, -0.1) is 0 Å². The largest absolute Gasteiger partial charge is 0.307 e. The van der Waals surface area contributed by atoms with E-state index in [0.29, 0.717) is 33.5 Å². The molecule has 0 unspecified atom stereocenters. The van der Waals surface area contributed by atoms with Crippen LogP contribution >= 0.6 is 23.2 Å². The molecule has 0 bridgehead atoms. The van der Waals surface area contributed by atoms with Gasteiger partial charge in [-0.25, -0.2) is 4.68 Å². The predicted octanol–water partition coefficient (Wildman–Crippen LogP) is 4.36. The number of halogens is 2. The molecule has 3 aromatic rings. The van der Waals surface area contributed by atoms with Crippen molar-refractivity contribution < 1.29 is 4.79 Å². The first-order chi connectivity index (χ1) is 12.1. The van der Waals surface area contributed by atoms with Crippen LogP contribution in [-0.4, -0.2) is 15.7 Å². The molecule has 1 amide bonds. The van der Waals surface area contributed by atoms with Gasteiger partial charge in [-0.3, -0.25) is 4.79 Å². The van der Waals surface area contributed by atoms with Gasteiger partial charge in [0.05, 0.1) is 24.4 Å². The van der Waals surface area contributed by atoms with E-state index in [0.717, 1.165) is 5.56 Å². The molecule has 1 N–H and O–H groups in total. The van der Waals surface area contributed by atoms with Crippen molar-refractivity contribution in [2.24, 2.45) is 0 Å². The maximum atomic E-state index is 12.4. The van der Waals surface area contributed by atoms with Crippen LogP contribution in [0.25, 0.3) is 0 Å². The topological polar surface area (TPSA) is 70.7 Å². The van der Waals surface area contributed by atoms with Crippen molar-refractivity contribution >= 4 is 34.9 Å². The fourth-order valence-corrected chi connectivity index (χ4v) is 2.76. The summed E-state index contributed by atoms with van der Waals surface area (Å²) < 4.78 is 1.63. The van der Waals surface area contributed by atoms with E-state index >= 15 is 0 Å². The van der Waals surface area contributed by atoms with Gasteiger partial charge in [0.2, 0.25) is 0 Å². The van der Waals surface area contributed by atoms with Crippen LogP contribution in [0, 0.1) is 11.3 Å². The van der Waals surface area contributed by atoms with E-state index in [1.165, 1.54) is 6.07 Å². The zero-order chi connectivity index (χ0) is 17.8. The van der Waals surface area contributed by atoms with E-state index in [9.17, 15) is 4.79 Å². The Balaban J connectivity index is 1.79. The third-order valence-electron chi connectivity index (χ3n) is 3.55. The maximum absolute atomic E-state index is 12.4. The highest BCUT2D eigenvalue weighted by Gasteiger charge is 2.11. The van der Waals surface area contributed by atoms with Gasteiger partial charge in [-0.05, 0) is 35.9 Å². The van der Waals surface area contributed by atoms with Gasteiger partial charge in [0, 0.05) is 21.7 Å². The van der Waals surface area contributed by atoms with E-state index in [1.807, 2.05) is 12.1 Å². The SMILES string of the molecule is N#Cc1cccc(C(=O)Nc2ccnn2Cc2ccc(Cl)cc2Cl)c1. The fourth-order valence-electron chi connectivity index (χ4n) is 2.29. The molecular weight excluding hydrogens is 359 g/mol. The lowest BCUT2D eigenvalue weighted by atomic mass is 10.1. The zero-order valence-electron chi connectivity index (χ0n) is 12.9. The minimum atomic E-state index is -0.318. The molecule has 0 fully saturated rings. The maximum Gasteiger partial charge on any atom is 0.256 e. The molecule has 0 spiro atoms. The van der Waals surface area contributed by atoms with Crippen molar-refractivity contribution in [3.8, 4) is 6.07 Å². The van der Waals surface area contributed by atoms with Crippen LogP contribution < -0.4 is 5.32 Å². The summed E-state index contributed by atoms with van der Waals surface area (Å²) in [5.41, 5.74) is 1.65. The second-order valence-electron chi connectivity index (χ2n) is 5.26. The number of amides is 1. The fraction of sp³-hybridized carbons (Fsp3) is 0.0556. The Kier molecular flexibility index (Phi) is 5.03. The van der Waals surface area contributed by atoms with E-state index in [-0.39, 0.29) is 5.91 Å². The average Bonchev–Trinajstić information content (AvgIpc) is 3.04. The number of carbonyl (C=O) groups is 1. The highest BCUT2D eigenvalue weighted by atomic mass is 35.5. The summed E-state index contributed by atoms with van der Waals surface area (Å²) in [5, 5.41) is 17.0. The number of hydrogen-bond donors (Lipinski definition) is 1. The monoisotopic (exact) mass is 370 g/mol. The number of nitrogens with zero attached hydrogens (tertiary/aromatic N) is 3. The first kappa shape index (κ1) is 17.0. The molecule has 124 valence electrons. The Morgan fingerprint density at radius 3 is 2.80 bits per heavy atom. The second-order valence-corrected chi connectivity index (χ2v) is 6.10. The van der Waals surface area contributed by atoms with E-state index in [4.69, 9.17) is 28.5 Å². The lowest BCUT2D eigenvalue weighted by Crippen LogP contribution is -2.16. The normalized spacial score (nSPS) is 10.3. The van der Waals surface area contributed by atoms with Gasteiger partial charge in [-0.1, -0.05) is 35.3 Å². The molecule has 3 rings (SSSR count). The summed E-state index contributed by atoms with van der Waals surface area (Å²) in [6.45, 7) is 0.386. The summed E-state index contributed by atoms with van der Waals surface area (Å²) in [5.74, 6) is 0.208. The second kappa shape index (κ2) is 7.39. The van der Waals surface area contributed by atoms with Gasteiger partial charge in [-0.2, -0.15) is 10.4 Å². The highest BCUT2D eigenvalue weighted by molar-refractivity contribution is 6.35. The Hall–Kier alpha value is -2.81. The highest BCUT2D eigenvalue weighted by Crippen LogP contribution is 2.23. The summed E-state index contributed by atoms with van der Waals surface area (Å²) >= 11 is 12.1. The first-order valence-corrected chi connectivity index (χ1v) is 8.09. The number of nitriles is 1. The number of carbonyl (C=O) groups excluding carboxylic acids is 1. The molecule has 7 heteroatoms. The number of hydrogen-bond acceptors (Lipinski definition) is 3. The lowest BCUT2D eigenvalue weighted by Gasteiger charge is -2.10. The van der Waals surface area contributed by atoms with Gasteiger partial charge >= 0.3 is 0 Å². The Morgan fingerprint density at radius 2 is 2.04 bits per heavy atom. The number of rotatable bonds is 4. The number of aromatic nitrogens is 2. The molecule has 0 saturated heterocycles. The zero-order valence-corrected chi connectivity index (χ0v) is 14.4. The number of anilines is 1. The van der Waals surface area contributed by atoms with Crippen molar-refractivity contribution in [2.75, 3.05) is 5.32 Å². The molecule has 0 aliphatic rings. The molecule has 0 atom stereocenters. The summed E-state index contributed by atoms with van der Waals surface area (Å²) in [6, 6.07) is 15.4. The van der Waals surface area contributed by atoms with Crippen molar-refractivity contribution in [3.63, 3.8) is 0 Å². The Bertz CT molecular complexity index is 975. The molecule has 0 aliphatic carbocycles. The van der Waals surface area contributed by atoms with Gasteiger partial charge in [0.25, 0.3) is 5.91 Å². The number of benzene rings is 2. The lowest BCUT2D eigenvalue weighted by molar-refractivity contribution is 0.102. The van der Waals surface area contributed by atoms with Crippen molar-refractivity contribution in [1.29, 1.82) is 5.26 Å². The Labute approximate surface area is 154 Å². The summed E-state index contributed by atoms with van der Waals surface area (Å²) in [6.07, 6.45) is 1.59. The van der Waals surface area contributed by atoms with Crippen molar-refractivity contribution in [1.82, 2.24) is 9.78 Å². The minimum Gasteiger partial charge on any atom is -0.307 e. The average molecular weight is 371 g/mol. The summed E-state index contributed by atoms with van der Waals surface area (Å²) in [4.78, 5) is 12.4. The smallest absolute Gasteiger partial charge is 0.256 e. The van der Waals surface area contributed by atoms with Crippen LogP contribution in [-0.2, 0) is 6.54 Å². The van der Waals surface area contributed by atoms with E-state index in [1.54, 1.807) is 47.3 Å². The van der Waals surface area contributed by atoms with Gasteiger partial charge in [0.15, 0.2) is 0 Å². The first-order valence-electron chi connectivity index (χ1n) is 7.34. The van der Waals surface area contributed by atoms with E-state index < -0.39 is 0 Å². The molecule has 1 aromatic heterocycles. The molecule has 0 saturated carbocycles. The molecule has 0 aliphatic heterocycles. The minimum absolute atomic E-state index is 0.318. The molecule has 2 aromatic carbocycles.